The van der Waals surface area contributed by atoms with Crippen LogP contribution in [0.5, 0.6) is 0 Å². The smallest absolute Gasteiger partial charge is 0.142 e. The van der Waals surface area contributed by atoms with Gasteiger partial charge in [-0.25, -0.2) is 4.98 Å². The third kappa shape index (κ3) is 3.04. The summed E-state index contributed by atoms with van der Waals surface area (Å²) in [4.78, 5) is 6.93. The molecule has 1 saturated heterocycles. The molecule has 1 atom stereocenters. The van der Waals surface area contributed by atoms with E-state index >= 15 is 0 Å². The maximum atomic E-state index is 4.50. The Morgan fingerprint density at radius 1 is 1.39 bits per heavy atom. The second kappa shape index (κ2) is 5.57. The van der Waals surface area contributed by atoms with Crippen molar-refractivity contribution in [3.8, 4) is 0 Å². The van der Waals surface area contributed by atoms with Crippen molar-refractivity contribution in [3.63, 3.8) is 0 Å². The van der Waals surface area contributed by atoms with Gasteiger partial charge in [0.2, 0.25) is 0 Å². The number of hydrogen-bond acceptors (Lipinski definition) is 3. The normalized spacial score (nSPS) is 24.3. The lowest BCUT2D eigenvalue weighted by Crippen LogP contribution is -2.40. The Balaban J connectivity index is 1.60. The fourth-order valence-corrected chi connectivity index (χ4v) is 3.16. The van der Waals surface area contributed by atoms with Crippen LogP contribution in [0.2, 0.25) is 0 Å². The van der Waals surface area contributed by atoms with Crippen LogP contribution < -0.4 is 10.2 Å². The third-order valence-corrected chi connectivity index (χ3v) is 4.45. The molecule has 0 radical (unpaired) electrons. The van der Waals surface area contributed by atoms with Crippen LogP contribution in [0.1, 0.15) is 25.7 Å². The van der Waals surface area contributed by atoms with Crippen molar-refractivity contribution in [2.75, 3.05) is 24.5 Å². The van der Waals surface area contributed by atoms with Gasteiger partial charge in [-0.3, -0.25) is 0 Å². The number of rotatable bonds is 4. The van der Waals surface area contributed by atoms with Gasteiger partial charge in [-0.2, -0.15) is 0 Å². The Kier molecular flexibility index (Phi) is 3.85. The first-order chi connectivity index (χ1) is 8.83. The molecule has 3 rings (SSSR count). The quantitative estimate of drug-likeness (QED) is 0.927. The number of pyridine rings is 1. The van der Waals surface area contributed by atoms with Crippen LogP contribution in [0.15, 0.2) is 22.8 Å². The van der Waals surface area contributed by atoms with Gasteiger partial charge in [0.25, 0.3) is 0 Å². The number of piperidine rings is 1. The van der Waals surface area contributed by atoms with E-state index in [-0.39, 0.29) is 0 Å². The number of hydrogen-bond donors (Lipinski definition) is 1. The lowest BCUT2D eigenvalue weighted by molar-refractivity contribution is 0.389. The highest BCUT2D eigenvalue weighted by molar-refractivity contribution is 9.10. The highest BCUT2D eigenvalue weighted by atomic mass is 79.9. The number of anilines is 1. The van der Waals surface area contributed by atoms with Crippen LogP contribution >= 0.6 is 15.9 Å². The molecule has 4 heteroatoms. The summed E-state index contributed by atoms with van der Waals surface area (Å²) in [5.41, 5.74) is 0. The van der Waals surface area contributed by atoms with Gasteiger partial charge in [0, 0.05) is 25.3 Å². The van der Waals surface area contributed by atoms with Crippen LogP contribution in [0.25, 0.3) is 0 Å². The fourth-order valence-electron chi connectivity index (χ4n) is 2.65. The second-order valence-electron chi connectivity index (χ2n) is 5.45. The van der Waals surface area contributed by atoms with Crippen LogP contribution in [-0.2, 0) is 0 Å². The van der Waals surface area contributed by atoms with Crippen molar-refractivity contribution in [2.45, 2.75) is 31.7 Å². The second-order valence-corrected chi connectivity index (χ2v) is 6.30. The summed E-state index contributed by atoms with van der Waals surface area (Å²) in [7, 11) is 0. The maximum Gasteiger partial charge on any atom is 0.142 e. The van der Waals surface area contributed by atoms with Crippen LogP contribution in [0.4, 0.5) is 5.82 Å². The molecule has 18 heavy (non-hydrogen) atoms. The van der Waals surface area contributed by atoms with Gasteiger partial charge in [0.05, 0.1) is 4.47 Å². The van der Waals surface area contributed by atoms with Gasteiger partial charge in [0.15, 0.2) is 0 Å². The highest BCUT2D eigenvalue weighted by Gasteiger charge is 2.25. The SMILES string of the molecule is Brc1cccnc1N1CCCC(CNC2CC2)C1. The zero-order chi connectivity index (χ0) is 12.4. The summed E-state index contributed by atoms with van der Waals surface area (Å²) in [5, 5.41) is 3.65. The summed E-state index contributed by atoms with van der Waals surface area (Å²) >= 11 is 3.60. The molecule has 1 aromatic heterocycles. The first kappa shape index (κ1) is 12.4. The summed E-state index contributed by atoms with van der Waals surface area (Å²) in [6, 6.07) is 4.87. The van der Waals surface area contributed by atoms with E-state index in [1.54, 1.807) is 0 Å². The van der Waals surface area contributed by atoms with Crippen LogP contribution in [0.3, 0.4) is 0 Å². The van der Waals surface area contributed by atoms with Crippen molar-refractivity contribution in [2.24, 2.45) is 5.92 Å². The predicted molar refractivity (Wildman–Crippen MR) is 77.9 cm³/mol. The van der Waals surface area contributed by atoms with Crippen molar-refractivity contribution in [1.82, 2.24) is 10.3 Å². The minimum Gasteiger partial charge on any atom is -0.355 e. The van der Waals surface area contributed by atoms with Gasteiger partial charge in [-0.05, 0) is 66.2 Å². The largest absolute Gasteiger partial charge is 0.355 e. The van der Waals surface area contributed by atoms with Crippen molar-refractivity contribution in [3.05, 3.63) is 22.8 Å². The molecular weight excluding hydrogens is 290 g/mol. The Bertz CT molecular complexity index is 406. The molecule has 1 aliphatic heterocycles. The van der Waals surface area contributed by atoms with Crippen molar-refractivity contribution < 1.29 is 0 Å². The molecule has 0 spiro atoms. The average molecular weight is 310 g/mol. The van der Waals surface area contributed by atoms with E-state index in [0.29, 0.717) is 0 Å². The summed E-state index contributed by atoms with van der Waals surface area (Å²) < 4.78 is 1.11. The monoisotopic (exact) mass is 309 g/mol. The molecule has 1 N–H and O–H groups in total. The van der Waals surface area contributed by atoms with Crippen LogP contribution in [-0.4, -0.2) is 30.7 Å². The van der Waals surface area contributed by atoms with Gasteiger partial charge in [0.1, 0.15) is 5.82 Å². The molecule has 2 fully saturated rings. The van der Waals surface area contributed by atoms with Gasteiger partial charge >= 0.3 is 0 Å². The Morgan fingerprint density at radius 2 is 2.28 bits per heavy atom. The van der Waals surface area contributed by atoms with E-state index in [1.165, 1.54) is 32.2 Å². The summed E-state index contributed by atoms with van der Waals surface area (Å²) in [5.74, 6) is 1.88. The topological polar surface area (TPSA) is 28.2 Å². The highest BCUT2D eigenvalue weighted by Crippen LogP contribution is 2.28. The minimum atomic E-state index is 0.772. The summed E-state index contributed by atoms with van der Waals surface area (Å²) in [6.45, 7) is 3.44. The average Bonchev–Trinajstić information content (AvgIpc) is 3.21. The van der Waals surface area contributed by atoms with E-state index in [1.807, 2.05) is 12.3 Å². The molecule has 2 heterocycles. The molecule has 0 aromatic carbocycles. The number of nitrogens with zero attached hydrogens (tertiary/aromatic N) is 2. The van der Waals surface area contributed by atoms with E-state index in [0.717, 1.165) is 35.3 Å². The van der Waals surface area contributed by atoms with E-state index < -0.39 is 0 Å². The molecule has 1 unspecified atom stereocenters. The van der Waals surface area contributed by atoms with Crippen molar-refractivity contribution >= 4 is 21.7 Å². The standard InChI is InChI=1S/C14H20BrN3/c15-13-4-1-7-16-14(13)18-8-2-3-11(10-18)9-17-12-5-6-12/h1,4,7,11-12,17H,2-3,5-6,8-10H2. The molecule has 1 aromatic rings. The first-order valence-electron chi connectivity index (χ1n) is 6.92. The number of nitrogens with one attached hydrogen (secondary N) is 1. The molecule has 0 bridgehead atoms. The Labute approximate surface area is 117 Å². The van der Waals surface area contributed by atoms with Gasteiger partial charge in [-0.1, -0.05) is 0 Å². The molecular formula is C14H20BrN3. The third-order valence-electron chi connectivity index (χ3n) is 3.83. The Morgan fingerprint density at radius 3 is 3.06 bits per heavy atom. The van der Waals surface area contributed by atoms with Crippen LogP contribution in [0, 0.1) is 5.92 Å². The minimum absolute atomic E-state index is 0.772. The molecule has 0 amide bonds. The predicted octanol–water partition coefficient (Wildman–Crippen LogP) is 2.81. The fraction of sp³-hybridized carbons (Fsp3) is 0.643. The van der Waals surface area contributed by atoms with E-state index in [9.17, 15) is 0 Å². The zero-order valence-corrected chi connectivity index (χ0v) is 12.2. The first-order valence-corrected chi connectivity index (χ1v) is 7.71. The molecule has 1 aliphatic carbocycles. The molecule has 1 saturated carbocycles. The Hall–Kier alpha value is -0.610. The van der Waals surface area contributed by atoms with Gasteiger partial charge < -0.3 is 10.2 Å². The lowest BCUT2D eigenvalue weighted by atomic mass is 9.98. The molecule has 98 valence electrons. The number of halogens is 1. The molecule has 2 aliphatic rings. The van der Waals surface area contributed by atoms with E-state index in [2.05, 4.69) is 37.2 Å². The lowest BCUT2D eigenvalue weighted by Gasteiger charge is -2.34. The number of aromatic nitrogens is 1. The summed E-state index contributed by atoms with van der Waals surface area (Å²) in [6.07, 6.45) is 7.26. The van der Waals surface area contributed by atoms with Crippen molar-refractivity contribution in [1.29, 1.82) is 0 Å². The van der Waals surface area contributed by atoms with E-state index in [4.69, 9.17) is 0 Å². The van der Waals surface area contributed by atoms with Gasteiger partial charge in [-0.15, -0.1) is 0 Å². The molecule has 3 nitrogen and oxygen atoms in total. The maximum absolute atomic E-state index is 4.50. The zero-order valence-electron chi connectivity index (χ0n) is 10.6.